The molecule has 0 saturated carbocycles. The predicted octanol–water partition coefficient (Wildman–Crippen LogP) is 3.99. The van der Waals surface area contributed by atoms with Crippen LogP contribution in [0.15, 0.2) is 77.7 Å². The van der Waals surface area contributed by atoms with Crippen molar-refractivity contribution in [2.75, 3.05) is 14.2 Å². The van der Waals surface area contributed by atoms with Crippen LogP contribution >= 0.6 is 0 Å². The van der Waals surface area contributed by atoms with E-state index in [1.807, 2.05) is 49.4 Å². The summed E-state index contributed by atoms with van der Waals surface area (Å²) in [5.41, 5.74) is 2.68. The first-order valence-electron chi connectivity index (χ1n) is 11.0. The Morgan fingerprint density at radius 1 is 0.882 bits per heavy atom. The summed E-state index contributed by atoms with van der Waals surface area (Å²) in [7, 11) is -0.516. The second kappa shape index (κ2) is 11.7. The molecule has 180 valence electrons. The van der Waals surface area contributed by atoms with Gasteiger partial charge in [0.1, 0.15) is 0 Å². The second-order valence-corrected chi connectivity index (χ2v) is 9.58. The van der Waals surface area contributed by atoms with E-state index in [0.29, 0.717) is 30.9 Å². The van der Waals surface area contributed by atoms with E-state index >= 15 is 0 Å². The molecule has 0 spiro atoms. The number of nitrogens with one attached hydrogen (secondary N) is 2. The standard InChI is InChI=1S/C26H30N2O5S/c1-19(22-7-5-4-6-8-22)28-34(30,31)23-13-9-20(10-14-23)12-16-26(29)27-18-21-11-15-24(32-2)25(17-21)33-3/h4-11,13-15,17,19,28H,12,16,18H2,1-3H3,(H,27,29)/t19-/m1/s1. The minimum atomic E-state index is -3.65. The summed E-state index contributed by atoms with van der Waals surface area (Å²) in [6.07, 6.45) is 0.800. The zero-order valence-electron chi connectivity index (χ0n) is 19.6. The minimum Gasteiger partial charge on any atom is -0.493 e. The highest BCUT2D eigenvalue weighted by Crippen LogP contribution is 2.27. The zero-order valence-corrected chi connectivity index (χ0v) is 20.4. The zero-order chi connectivity index (χ0) is 24.6. The summed E-state index contributed by atoms with van der Waals surface area (Å²) >= 11 is 0. The smallest absolute Gasteiger partial charge is 0.241 e. The van der Waals surface area contributed by atoms with Gasteiger partial charge in [-0.1, -0.05) is 48.5 Å². The maximum absolute atomic E-state index is 12.7. The summed E-state index contributed by atoms with van der Waals surface area (Å²) in [6.45, 7) is 2.18. The van der Waals surface area contributed by atoms with Gasteiger partial charge in [-0.25, -0.2) is 13.1 Å². The molecular formula is C26H30N2O5S. The van der Waals surface area contributed by atoms with Gasteiger partial charge < -0.3 is 14.8 Å². The fraction of sp³-hybridized carbons (Fsp3) is 0.269. The average Bonchev–Trinajstić information content (AvgIpc) is 2.86. The molecule has 0 unspecified atom stereocenters. The molecule has 1 atom stereocenters. The van der Waals surface area contributed by atoms with Crippen LogP contribution in [0.2, 0.25) is 0 Å². The van der Waals surface area contributed by atoms with Gasteiger partial charge in [-0.15, -0.1) is 0 Å². The summed E-state index contributed by atoms with van der Waals surface area (Å²) in [5, 5.41) is 2.89. The number of ether oxygens (including phenoxy) is 2. The van der Waals surface area contributed by atoms with Gasteiger partial charge in [0.15, 0.2) is 11.5 Å². The molecule has 0 heterocycles. The lowest BCUT2D eigenvalue weighted by Gasteiger charge is -2.15. The molecule has 3 aromatic rings. The Kier molecular flexibility index (Phi) is 8.67. The fourth-order valence-corrected chi connectivity index (χ4v) is 4.72. The van der Waals surface area contributed by atoms with Gasteiger partial charge in [0, 0.05) is 19.0 Å². The molecule has 0 aliphatic rings. The molecule has 0 aliphatic carbocycles. The molecule has 0 saturated heterocycles. The van der Waals surface area contributed by atoms with Crippen LogP contribution in [-0.2, 0) is 27.8 Å². The van der Waals surface area contributed by atoms with Crippen molar-refractivity contribution in [3.63, 3.8) is 0 Å². The Balaban J connectivity index is 1.51. The van der Waals surface area contributed by atoms with E-state index in [9.17, 15) is 13.2 Å². The first-order valence-corrected chi connectivity index (χ1v) is 12.4. The highest BCUT2D eigenvalue weighted by atomic mass is 32.2. The van der Waals surface area contributed by atoms with E-state index in [2.05, 4.69) is 10.0 Å². The predicted molar refractivity (Wildman–Crippen MR) is 131 cm³/mol. The molecule has 0 aliphatic heterocycles. The number of methoxy groups -OCH3 is 2. The number of sulfonamides is 1. The number of carbonyl (C=O) groups excluding carboxylic acids is 1. The van der Waals surface area contributed by atoms with Crippen LogP contribution in [0.25, 0.3) is 0 Å². The topological polar surface area (TPSA) is 93.7 Å². The lowest BCUT2D eigenvalue weighted by molar-refractivity contribution is -0.121. The number of hydrogen-bond donors (Lipinski definition) is 2. The first kappa shape index (κ1) is 25.3. The van der Waals surface area contributed by atoms with Crippen LogP contribution < -0.4 is 19.5 Å². The van der Waals surface area contributed by atoms with Gasteiger partial charge in [0.2, 0.25) is 15.9 Å². The van der Waals surface area contributed by atoms with E-state index in [1.165, 1.54) is 0 Å². The molecule has 3 rings (SSSR count). The maximum Gasteiger partial charge on any atom is 0.241 e. The number of aryl methyl sites for hydroxylation is 1. The normalized spacial score (nSPS) is 12.1. The highest BCUT2D eigenvalue weighted by Gasteiger charge is 2.18. The van der Waals surface area contributed by atoms with Crippen LogP contribution in [0.5, 0.6) is 11.5 Å². The van der Waals surface area contributed by atoms with Gasteiger partial charge in [-0.2, -0.15) is 0 Å². The number of rotatable bonds is 11. The van der Waals surface area contributed by atoms with E-state index in [-0.39, 0.29) is 16.8 Å². The molecule has 7 nitrogen and oxygen atoms in total. The Morgan fingerprint density at radius 3 is 2.18 bits per heavy atom. The second-order valence-electron chi connectivity index (χ2n) is 7.86. The van der Waals surface area contributed by atoms with Crippen LogP contribution in [-0.4, -0.2) is 28.5 Å². The summed E-state index contributed by atoms with van der Waals surface area (Å²) in [4.78, 5) is 12.5. The third-order valence-corrected chi connectivity index (χ3v) is 7.00. The Hall–Kier alpha value is -3.36. The first-order chi connectivity index (χ1) is 16.3. The van der Waals surface area contributed by atoms with Crippen LogP contribution in [0.1, 0.15) is 36.1 Å². The number of carbonyl (C=O) groups is 1. The monoisotopic (exact) mass is 482 g/mol. The summed E-state index contributed by atoms with van der Waals surface area (Å²) < 4.78 is 38.6. The molecule has 0 aromatic heterocycles. The van der Waals surface area contributed by atoms with Crippen molar-refractivity contribution in [2.24, 2.45) is 0 Å². The Morgan fingerprint density at radius 2 is 1.53 bits per heavy atom. The summed E-state index contributed by atoms with van der Waals surface area (Å²) in [6, 6.07) is 21.2. The highest BCUT2D eigenvalue weighted by molar-refractivity contribution is 7.89. The number of amides is 1. The third kappa shape index (κ3) is 6.82. The van der Waals surface area contributed by atoms with Crippen molar-refractivity contribution < 1.29 is 22.7 Å². The van der Waals surface area contributed by atoms with Crippen LogP contribution in [0.4, 0.5) is 0 Å². The van der Waals surface area contributed by atoms with Crippen LogP contribution in [0.3, 0.4) is 0 Å². The van der Waals surface area contributed by atoms with Crippen molar-refractivity contribution >= 4 is 15.9 Å². The van der Waals surface area contributed by atoms with Crippen molar-refractivity contribution in [1.29, 1.82) is 0 Å². The van der Waals surface area contributed by atoms with E-state index in [0.717, 1.165) is 16.7 Å². The molecule has 2 N–H and O–H groups in total. The molecule has 34 heavy (non-hydrogen) atoms. The van der Waals surface area contributed by atoms with Crippen molar-refractivity contribution in [1.82, 2.24) is 10.0 Å². The van der Waals surface area contributed by atoms with Gasteiger partial charge in [-0.05, 0) is 54.3 Å². The summed E-state index contributed by atoms with van der Waals surface area (Å²) in [5.74, 6) is 1.15. The van der Waals surface area contributed by atoms with E-state index in [4.69, 9.17) is 9.47 Å². The number of hydrogen-bond acceptors (Lipinski definition) is 5. The van der Waals surface area contributed by atoms with Crippen LogP contribution in [0, 0.1) is 0 Å². The molecular weight excluding hydrogens is 452 g/mol. The molecule has 0 radical (unpaired) electrons. The minimum absolute atomic E-state index is 0.0927. The quantitative estimate of drug-likeness (QED) is 0.431. The van der Waals surface area contributed by atoms with E-state index in [1.54, 1.807) is 44.6 Å². The third-order valence-electron chi connectivity index (χ3n) is 5.44. The van der Waals surface area contributed by atoms with Gasteiger partial charge in [-0.3, -0.25) is 4.79 Å². The SMILES string of the molecule is COc1ccc(CNC(=O)CCc2ccc(S(=O)(=O)N[C@H](C)c3ccccc3)cc2)cc1OC. The maximum atomic E-state index is 12.7. The molecule has 8 heteroatoms. The van der Waals surface area contributed by atoms with Gasteiger partial charge in [0.05, 0.1) is 19.1 Å². The Labute approximate surface area is 201 Å². The fourth-order valence-electron chi connectivity index (χ4n) is 3.48. The van der Waals surface area contributed by atoms with Crippen molar-refractivity contribution in [2.45, 2.75) is 37.2 Å². The lowest BCUT2D eigenvalue weighted by Crippen LogP contribution is -2.26. The lowest BCUT2D eigenvalue weighted by atomic mass is 10.1. The van der Waals surface area contributed by atoms with Crippen molar-refractivity contribution in [3.05, 3.63) is 89.5 Å². The van der Waals surface area contributed by atoms with E-state index < -0.39 is 10.0 Å². The molecule has 0 fully saturated rings. The van der Waals surface area contributed by atoms with Gasteiger partial charge in [0.25, 0.3) is 0 Å². The number of benzene rings is 3. The van der Waals surface area contributed by atoms with Crippen molar-refractivity contribution in [3.8, 4) is 11.5 Å². The molecule has 1 amide bonds. The largest absolute Gasteiger partial charge is 0.493 e. The average molecular weight is 483 g/mol. The molecule has 0 bridgehead atoms. The molecule has 3 aromatic carbocycles. The Bertz CT molecular complexity index is 1200. The van der Waals surface area contributed by atoms with Gasteiger partial charge >= 0.3 is 0 Å².